The minimum Gasteiger partial charge on any atom is -0.497 e. The van der Waals surface area contributed by atoms with Gasteiger partial charge in [0.05, 0.1) is 18.2 Å². The average Bonchev–Trinajstić information content (AvgIpc) is 3.42. The summed E-state index contributed by atoms with van der Waals surface area (Å²) >= 11 is 0. The predicted octanol–water partition coefficient (Wildman–Crippen LogP) is 4.79. The van der Waals surface area contributed by atoms with E-state index < -0.39 is 18.3 Å². The first kappa shape index (κ1) is 25.4. The number of pyridine rings is 1. The second kappa shape index (κ2) is 10.5. The number of halogens is 3. The highest BCUT2D eigenvalue weighted by Crippen LogP contribution is 2.27. The zero-order chi connectivity index (χ0) is 26.6. The van der Waals surface area contributed by atoms with E-state index in [2.05, 4.69) is 37.0 Å². The summed E-state index contributed by atoms with van der Waals surface area (Å²) in [4.78, 5) is 26.1. The Morgan fingerprint density at radius 3 is 2.54 bits per heavy atom. The largest absolute Gasteiger partial charge is 0.497 e. The molecule has 37 heavy (non-hydrogen) atoms. The van der Waals surface area contributed by atoms with Crippen molar-refractivity contribution in [1.82, 2.24) is 29.7 Å². The number of rotatable bonds is 8. The number of nitrogens with one attached hydrogen (secondary N) is 2. The molecule has 0 amide bonds. The second-order valence-electron chi connectivity index (χ2n) is 7.83. The molecule has 12 heteroatoms. The van der Waals surface area contributed by atoms with Crippen molar-refractivity contribution in [3.8, 4) is 22.5 Å². The number of aromatic amines is 1. The first-order valence-electron chi connectivity index (χ1n) is 10.9. The van der Waals surface area contributed by atoms with E-state index >= 15 is 0 Å². The van der Waals surface area contributed by atoms with E-state index in [9.17, 15) is 18.0 Å². The maximum Gasteiger partial charge on any atom is 0.405 e. The number of hydrogen-bond acceptors (Lipinski definition) is 7. The monoisotopic (exact) mass is 509 g/mol. The van der Waals surface area contributed by atoms with Crippen LogP contribution in [0.2, 0.25) is 0 Å². The summed E-state index contributed by atoms with van der Waals surface area (Å²) in [5.41, 5.74) is 1.77. The second-order valence-corrected chi connectivity index (χ2v) is 7.83. The molecule has 0 atom stereocenters. The average molecular weight is 509 g/mol. The number of hydrogen-bond donors (Lipinski definition) is 2. The van der Waals surface area contributed by atoms with Crippen LogP contribution in [0.25, 0.3) is 39.1 Å². The maximum absolute atomic E-state index is 13.7. The van der Waals surface area contributed by atoms with Crippen molar-refractivity contribution in [3.63, 3.8) is 0 Å². The summed E-state index contributed by atoms with van der Waals surface area (Å²) in [5, 5.41) is 9.30. The molecule has 0 unspecified atom stereocenters. The summed E-state index contributed by atoms with van der Waals surface area (Å²) in [7, 11) is 1.50. The van der Waals surface area contributed by atoms with Gasteiger partial charge < -0.3 is 10.1 Å². The van der Waals surface area contributed by atoms with Crippen LogP contribution >= 0.6 is 0 Å². The Balaban J connectivity index is 1.89. The lowest BCUT2D eigenvalue weighted by atomic mass is 10.0. The smallest absolute Gasteiger partial charge is 0.405 e. The van der Waals surface area contributed by atoms with E-state index in [0.29, 0.717) is 33.8 Å². The van der Waals surface area contributed by atoms with Crippen LogP contribution in [0.15, 0.2) is 78.3 Å². The van der Waals surface area contributed by atoms with Crippen LogP contribution in [0, 0.1) is 0 Å². The summed E-state index contributed by atoms with van der Waals surface area (Å²) < 4.78 is 44.8. The molecule has 0 spiro atoms. The molecule has 2 N–H and O–H groups in total. The van der Waals surface area contributed by atoms with Gasteiger partial charge in [-0.1, -0.05) is 30.8 Å². The Morgan fingerprint density at radius 1 is 1.19 bits per heavy atom. The molecule has 1 aromatic carbocycles. The SMILES string of the molecule is C=C/C(=C\C=C(/C)n1cc2cnc(NCC(F)(F)F)nc2c(-c2ccc(-c3nc[nH]n3)cc2)c1=O)OC. The molecule has 0 aliphatic heterocycles. The maximum atomic E-state index is 13.7. The highest BCUT2D eigenvalue weighted by atomic mass is 19.4. The first-order valence-corrected chi connectivity index (χ1v) is 10.9. The molecular weight excluding hydrogens is 487 g/mol. The lowest BCUT2D eigenvalue weighted by molar-refractivity contribution is -0.115. The highest BCUT2D eigenvalue weighted by molar-refractivity contribution is 5.93. The molecule has 0 fully saturated rings. The number of allylic oxidation sites excluding steroid dienone is 4. The van der Waals surface area contributed by atoms with Gasteiger partial charge in [0.15, 0.2) is 5.82 Å². The van der Waals surface area contributed by atoms with Gasteiger partial charge in [-0.05, 0) is 30.7 Å². The molecule has 9 nitrogen and oxygen atoms in total. The highest BCUT2D eigenvalue weighted by Gasteiger charge is 2.27. The quantitative estimate of drug-likeness (QED) is 0.259. The van der Waals surface area contributed by atoms with E-state index in [1.54, 1.807) is 43.3 Å². The minimum atomic E-state index is -4.46. The predicted molar refractivity (Wildman–Crippen MR) is 134 cm³/mol. The molecule has 4 rings (SSSR count). The first-order chi connectivity index (χ1) is 17.7. The van der Waals surface area contributed by atoms with Crippen LogP contribution in [0.4, 0.5) is 19.1 Å². The molecule has 0 aliphatic carbocycles. The van der Waals surface area contributed by atoms with Crippen molar-refractivity contribution in [2.75, 3.05) is 19.0 Å². The van der Waals surface area contributed by atoms with Crippen LogP contribution < -0.4 is 10.9 Å². The van der Waals surface area contributed by atoms with E-state index in [1.165, 1.54) is 36.5 Å². The third-order valence-corrected chi connectivity index (χ3v) is 5.35. The minimum absolute atomic E-state index is 0.198. The van der Waals surface area contributed by atoms with Crippen molar-refractivity contribution < 1.29 is 17.9 Å². The lowest BCUT2D eigenvalue weighted by Gasteiger charge is -2.14. The summed E-state index contributed by atoms with van der Waals surface area (Å²) in [6.07, 6.45) is 4.77. The lowest BCUT2D eigenvalue weighted by Crippen LogP contribution is -2.23. The van der Waals surface area contributed by atoms with Crippen LogP contribution in [0.3, 0.4) is 0 Å². The van der Waals surface area contributed by atoms with Crippen molar-refractivity contribution in [2.45, 2.75) is 13.1 Å². The van der Waals surface area contributed by atoms with Crippen molar-refractivity contribution in [1.29, 1.82) is 0 Å². The number of H-pyrrole nitrogens is 1. The van der Waals surface area contributed by atoms with Gasteiger partial charge in [-0.25, -0.2) is 15.0 Å². The Morgan fingerprint density at radius 2 is 1.92 bits per heavy atom. The number of alkyl halides is 3. The van der Waals surface area contributed by atoms with Crippen molar-refractivity contribution >= 4 is 22.5 Å². The normalized spacial score (nSPS) is 12.6. The van der Waals surface area contributed by atoms with E-state index in [-0.39, 0.29) is 17.0 Å². The van der Waals surface area contributed by atoms with Crippen LogP contribution in [-0.4, -0.2) is 49.5 Å². The molecule has 0 bridgehead atoms. The van der Waals surface area contributed by atoms with Gasteiger partial charge in [0.1, 0.15) is 18.6 Å². The number of methoxy groups -OCH3 is 1. The fourth-order valence-corrected chi connectivity index (χ4v) is 3.53. The topological polar surface area (TPSA) is 111 Å². The molecular formula is C25H22F3N7O2. The number of aromatic nitrogens is 6. The molecule has 4 aromatic rings. The molecule has 0 saturated carbocycles. The van der Waals surface area contributed by atoms with Crippen molar-refractivity contribution in [3.05, 3.63) is 83.9 Å². The molecule has 0 saturated heterocycles. The van der Waals surface area contributed by atoms with Gasteiger partial charge in [-0.3, -0.25) is 14.5 Å². The summed E-state index contributed by atoms with van der Waals surface area (Å²) in [5.74, 6) is 0.732. The Hall–Kier alpha value is -4.74. The molecule has 3 aromatic heterocycles. The Kier molecular flexibility index (Phi) is 7.18. The van der Waals surface area contributed by atoms with Crippen LogP contribution in [0.1, 0.15) is 6.92 Å². The van der Waals surface area contributed by atoms with E-state index in [4.69, 9.17) is 4.74 Å². The number of fused-ring (bicyclic) bond motifs is 1. The number of ether oxygens (including phenoxy) is 1. The summed E-state index contributed by atoms with van der Waals surface area (Å²) in [6, 6.07) is 6.89. The van der Waals surface area contributed by atoms with Crippen LogP contribution in [0.5, 0.6) is 0 Å². The third-order valence-electron chi connectivity index (χ3n) is 5.35. The van der Waals surface area contributed by atoms with Gasteiger partial charge in [-0.15, -0.1) is 0 Å². The summed E-state index contributed by atoms with van der Waals surface area (Å²) in [6.45, 7) is 4.09. The zero-order valence-corrected chi connectivity index (χ0v) is 19.9. The number of anilines is 1. The van der Waals surface area contributed by atoms with Gasteiger partial charge in [0.25, 0.3) is 5.56 Å². The zero-order valence-electron chi connectivity index (χ0n) is 19.9. The Bertz CT molecular complexity index is 1540. The third kappa shape index (κ3) is 5.74. The molecule has 0 radical (unpaired) electrons. The fourth-order valence-electron chi connectivity index (χ4n) is 3.53. The molecule has 0 aliphatic rings. The van der Waals surface area contributed by atoms with Gasteiger partial charge in [0, 0.05) is 29.0 Å². The van der Waals surface area contributed by atoms with E-state index in [0.717, 1.165) is 0 Å². The van der Waals surface area contributed by atoms with Gasteiger partial charge in [0.2, 0.25) is 5.95 Å². The van der Waals surface area contributed by atoms with Gasteiger partial charge in [-0.2, -0.15) is 18.3 Å². The fraction of sp³-hybridized carbons (Fsp3) is 0.160. The standard InChI is InChI=1S/C25H22F3N7O2/c1-4-19(37-3)10-5-15(2)35-12-18-11-29-24(30-13-25(26,27)28)33-21(18)20(23(35)36)16-6-8-17(9-7-16)22-31-14-32-34-22/h4-12,14H,1,13H2,2-3H3,(H,30,33)(H,31,32,34)/b15-5+,19-10+. The molecule has 3 heterocycles. The van der Waals surface area contributed by atoms with E-state index in [1.807, 2.05) is 0 Å². The molecule has 190 valence electrons. The number of nitrogens with zero attached hydrogens (tertiary/aromatic N) is 5. The van der Waals surface area contributed by atoms with Crippen molar-refractivity contribution in [2.24, 2.45) is 0 Å². The van der Waals surface area contributed by atoms with Crippen LogP contribution in [-0.2, 0) is 4.74 Å². The number of benzene rings is 1. The Labute approximate surface area is 209 Å². The van der Waals surface area contributed by atoms with Gasteiger partial charge >= 0.3 is 6.18 Å².